The summed E-state index contributed by atoms with van der Waals surface area (Å²) in [5, 5.41) is 0. The lowest BCUT2D eigenvalue weighted by Gasteiger charge is -2.17. The van der Waals surface area contributed by atoms with E-state index in [1.165, 1.54) is 128 Å². The Kier molecular flexibility index (Phi) is 22.2. The highest BCUT2D eigenvalue weighted by Crippen LogP contribution is 2.25. The minimum absolute atomic E-state index is 0.888. The summed E-state index contributed by atoms with van der Waals surface area (Å²) in [7, 11) is 0. The summed E-state index contributed by atoms with van der Waals surface area (Å²) in [4.78, 5) is 0. The van der Waals surface area contributed by atoms with Gasteiger partial charge in [0.05, 0.1) is 0 Å². The van der Waals surface area contributed by atoms with Gasteiger partial charge in [0.15, 0.2) is 0 Å². The first-order valence-electron chi connectivity index (χ1n) is 14.4. The first-order chi connectivity index (χ1) is 14.4. The van der Waals surface area contributed by atoms with Crippen molar-refractivity contribution >= 4 is 0 Å². The fourth-order valence-electron chi connectivity index (χ4n) is 4.80. The van der Waals surface area contributed by atoms with Gasteiger partial charge in [-0.3, -0.25) is 0 Å². The highest BCUT2D eigenvalue weighted by atomic mass is 14.1. The molecule has 30 heavy (non-hydrogen) atoms. The fourth-order valence-corrected chi connectivity index (χ4v) is 4.80. The third kappa shape index (κ3) is 24.3. The van der Waals surface area contributed by atoms with E-state index in [2.05, 4.69) is 41.5 Å². The zero-order valence-electron chi connectivity index (χ0n) is 22.5. The van der Waals surface area contributed by atoms with E-state index in [0.717, 1.165) is 23.7 Å². The van der Waals surface area contributed by atoms with E-state index < -0.39 is 0 Å². The second-order valence-electron chi connectivity index (χ2n) is 11.7. The van der Waals surface area contributed by atoms with Gasteiger partial charge in [0.2, 0.25) is 0 Å². The Hall–Kier alpha value is 0. The van der Waals surface area contributed by atoms with Crippen LogP contribution in [0.15, 0.2) is 0 Å². The monoisotopic (exact) mass is 422 g/mol. The van der Waals surface area contributed by atoms with Crippen LogP contribution in [0.1, 0.15) is 170 Å². The maximum absolute atomic E-state index is 2.36. The van der Waals surface area contributed by atoms with Crippen molar-refractivity contribution in [1.29, 1.82) is 0 Å². The first-order valence-corrected chi connectivity index (χ1v) is 14.4. The Morgan fingerprint density at radius 3 is 0.700 bits per heavy atom. The molecule has 0 heterocycles. The van der Waals surface area contributed by atoms with Crippen molar-refractivity contribution in [1.82, 2.24) is 0 Å². The Morgan fingerprint density at radius 2 is 0.467 bits per heavy atom. The van der Waals surface area contributed by atoms with E-state index >= 15 is 0 Å². The van der Waals surface area contributed by atoms with E-state index in [1.807, 2.05) is 0 Å². The van der Waals surface area contributed by atoms with Crippen molar-refractivity contribution in [2.75, 3.05) is 0 Å². The highest BCUT2D eigenvalue weighted by Gasteiger charge is 2.09. The molecule has 0 nitrogen and oxygen atoms in total. The number of rotatable bonds is 23. The molecule has 0 amide bonds. The normalized spacial score (nSPS) is 12.2. The largest absolute Gasteiger partial charge is 0.0628 e. The molecule has 0 aromatic rings. The van der Waals surface area contributed by atoms with Gasteiger partial charge in [0.1, 0.15) is 0 Å². The Balaban J connectivity index is 3.89. The van der Waals surface area contributed by atoms with Crippen LogP contribution in [-0.4, -0.2) is 0 Å². The van der Waals surface area contributed by atoms with E-state index in [9.17, 15) is 0 Å². The van der Waals surface area contributed by atoms with Crippen LogP contribution in [-0.2, 0) is 0 Å². The van der Waals surface area contributed by atoms with Crippen molar-refractivity contribution in [2.24, 2.45) is 23.7 Å². The predicted molar refractivity (Wildman–Crippen MR) is 140 cm³/mol. The molecule has 0 fully saturated rings. The van der Waals surface area contributed by atoms with Crippen LogP contribution < -0.4 is 0 Å². The van der Waals surface area contributed by atoms with Gasteiger partial charge in [-0.15, -0.1) is 0 Å². The minimum atomic E-state index is 0.888. The van der Waals surface area contributed by atoms with Crippen LogP contribution in [0, 0.1) is 23.7 Å². The van der Waals surface area contributed by atoms with Crippen LogP contribution in [0.5, 0.6) is 0 Å². The summed E-state index contributed by atoms with van der Waals surface area (Å²) in [6.07, 6.45) is 29.5. The molecular weight excluding hydrogens is 360 g/mol. The quantitative estimate of drug-likeness (QED) is 0.144. The molecule has 0 bridgehead atoms. The van der Waals surface area contributed by atoms with Gasteiger partial charge in [-0.05, 0) is 23.7 Å². The molecule has 0 aromatic carbocycles. The number of unbranched alkanes of at least 4 members (excludes halogenated alkanes) is 11. The molecule has 0 aliphatic heterocycles. The second kappa shape index (κ2) is 22.2. The van der Waals surface area contributed by atoms with Crippen molar-refractivity contribution in [3.8, 4) is 0 Å². The topological polar surface area (TPSA) is 0 Å². The standard InChI is InChI=1S/C30H62/c1-27(2)21-15-9-7-11-18-24-30(26-20-14-13-17-23-29(5)6)25-19-12-8-10-16-22-28(3)4/h27-30H,7-26H2,1-6H3. The summed E-state index contributed by atoms with van der Waals surface area (Å²) in [5.41, 5.74) is 0. The molecule has 0 saturated carbocycles. The zero-order valence-corrected chi connectivity index (χ0v) is 22.5. The molecule has 0 rings (SSSR count). The lowest BCUT2D eigenvalue weighted by atomic mass is 9.89. The van der Waals surface area contributed by atoms with Crippen LogP contribution in [0.2, 0.25) is 0 Å². The molecule has 0 atom stereocenters. The summed E-state index contributed by atoms with van der Waals surface area (Å²) < 4.78 is 0. The van der Waals surface area contributed by atoms with Crippen molar-refractivity contribution < 1.29 is 0 Å². The summed E-state index contributed by atoms with van der Waals surface area (Å²) in [6.45, 7) is 14.2. The molecule has 0 N–H and O–H groups in total. The number of hydrogen-bond donors (Lipinski definition) is 0. The average molecular weight is 423 g/mol. The predicted octanol–water partition coefficient (Wildman–Crippen LogP) is 11.4. The second-order valence-corrected chi connectivity index (χ2v) is 11.7. The summed E-state index contributed by atoms with van der Waals surface area (Å²) in [5.74, 6) is 3.70. The van der Waals surface area contributed by atoms with Gasteiger partial charge in [0.25, 0.3) is 0 Å². The minimum Gasteiger partial charge on any atom is -0.0628 e. The molecule has 0 aliphatic carbocycles. The van der Waals surface area contributed by atoms with Gasteiger partial charge >= 0.3 is 0 Å². The van der Waals surface area contributed by atoms with Crippen LogP contribution in [0.3, 0.4) is 0 Å². The van der Waals surface area contributed by atoms with E-state index in [4.69, 9.17) is 0 Å². The Labute approximate surface area is 193 Å². The van der Waals surface area contributed by atoms with Gasteiger partial charge in [0, 0.05) is 0 Å². The van der Waals surface area contributed by atoms with Gasteiger partial charge < -0.3 is 0 Å². The lowest BCUT2D eigenvalue weighted by Crippen LogP contribution is -2.02. The van der Waals surface area contributed by atoms with Crippen molar-refractivity contribution in [2.45, 2.75) is 170 Å². The van der Waals surface area contributed by atoms with Gasteiger partial charge in [-0.25, -0.2) is 0 Å². The van der Waals surface area contributed by atoms with Gasteiger partial charge in [-0.2, -0.15) is 0 Å². The molecular formula is C30H62. The molecule has 0 aromatic heterocycles. The number of hydrogen-bond acceptors (Lipinski definition) is 0. The lowest BCUT2D eigenvalue weighted by molar-refractivity contribution is 0.363. The molecule has 0 heteroatoms. The van der Waals surface area contributed by atoms with E-state index in [-0.39, 0.29) is 0 Å². The maximum Gasteiger partial charge on any atom is -0.0414 e. The van der Waals surface area contributed by atoms with Crippen LogP contribution in [0.4, 0.5) is 0 Å². The molecule has 0 spiro atoms. The van der Waals surface area contributed by atoms with Crippen molar-refractivity contribution in [3.63, 3.8) is 0 Å². The van der Waals surface area contributed by atoms with Crippen LogP contribution >= 0.6 is 0 Å². The third-order valence-electron chi connectivity index (χ3n) is 6.93. The van der Waals surface area contributed by atoms with E-state index in [1.54, 1.807) is 0 Å². The Morgan fingerprint density at radius 1 is 0.267 bits per heavy atom. The Bertz CT molecular complexity index is 292. The fraction of sp³-hybridized carbons (Fsp3) is 1.00. The molecule has 0 unspecified atom stereocenters. The molecule has 0 saturated heterocycles. The van der Waals surface area contributed by atoms with Crippen molar-refractivity contribution in [3.05, 3.63) is 0 Å². The SMILES string of the molecule is CC(C)CCCCCCCC(CCCCCCCC(C)C)CCCCCCC(C)C. The molecule has 0 aliphatic rings. The third-order valence-corrected chi connectivity index (χ3v) is 6.93. The smallest absolute Gasteiger partial charge is 0.0414 e. The van der Waals surface area contributed by atoms with Crippen LogP contribution in [0.25, 0.3) is 0 Å². The summed E-state index contributed by atoms with van der Waals surface area (Å²) >= 11 is 0. The van der Waals surface area contributed by atoms with E-state index in [0.29, 0.717) is 0 Å². The van der Waals surface area contributed by atoms with Gasteiger partial charge in [-0.1, -0.05) is 170 Å². The highest BCUT2D eigenvalue weighted by molar-refractivity contribution is 4.62. The maximum atomic E-state index is 2.36. The zero-order chi connectivity index (χ0) is 22.5. The molecule has 182 valence electrons. The first kappa shape index (κ1) is 30.0. The summed E-state index contributed by atoms with van der Waals surface area (Å²) in [6, 6.07) is 0. The average Bonchev–Trinajstić information content (AvgIpc) is 2.67. The molecule has 0 radical (unpaired) electrons.